The van der Waals surface area contributed by atoms with Crippen molar-refractivity contribution in [3.63, 3.8) is 0 Å². The van der Waals surface area contributed by atoms with E-state index >= 15 is 0 Å². The molecule has 130 valence electrons. The van der Waals surface area contributed by atoms with Crippen molar-refractivity contribution >= 4 is 29.2 Å². The fourth-order valence-corrected chi connectivity index (χ4v) is 1.56. The van der Waals surface area contributed by atoms with Crippen molar-refractivity contribution in [2.75, 3.05) is 12.2 Å². The minimum Gasteiger partial charge on any atom is -0.436 e. The van der Waals surface area contributed by atoms with Gasteiger partial charge < -0.3 is 10.1 Å². The maximum absolute atomic E-state index is 12.1. The molecule has 1 N–H and O–H groups in total. The first-order chi connectivity index (χ1) is 11.2. The zero-order chi connectivity index (χ0) is 18.4. The van der Waals surface area contributed by atoms with Crippen LogP contribution in [-0.2, 0) is 9.57 Å². The molecular formula is C12H14N4O8. The van der Waals surface area contributed by atoms with Crippen LogP contribution in [0.3, 0.4) is 0 Å². The quantitative estimate of drug-likeness (QED) is 0.495. The van der Waals surface area contributed by atoms with Gasteiger partial charge in [0.15, 0.2) is 5.69 Å². The molecule has 1 aromatic carbocycles. The number of carbonyl (C=O) groups is 2. The lowest BCUT2D eigenvalue weighted by Crippen LogP contribution is -2.44. The molecule has 2 amide bonds. The smallest absolute Gasteiger partial charge is 0.436 e. The van der Waals surface area contributed by atoms with Gasteiger partial charge >= 0.3 is 17.9 Å². The van der Waals surface area contributed by atoms with Gasteiger partial charge in [0, 0.05) is 12.1 Å². The Labute approximate surface area is 135 Å². The molecule has 0 bridgehead atoms. The lowest BCUT2D eigenvalue weighted by atomic mass is 10.2. The summed E-state index contributed by atoms with van der Waals surface area (Å²) in [7, 11) is 0.977. The number of nitro groups is 2. The summed E-state index contributed by atoms with van der Waals surface area (Å²) in [6.45, 7) is 3.22. The molecule has 0 spiro atoms. The largest absolute Gasteiger partial charge is 0.533 e. The Morgan fingerprint density at radius 2 is 1.83 bits per heavy atom. The van der Waals surface area contributed by atoms with E-state index in [0.717, 1.165) is 19.2 Å². The van der Waals surface area contributed by atoms with Crippen molar-refractivity contribution in [1.29, 1.82) is 0 Å². The predicted octanol–water partition coefficient (Wildman–Crippen LogP) is 2.13. The second kappa shape index (κ2) is 7.71. The van der Waals surface area contributed by atoms with E-state index in [4.69, 9.17) is 0 Å². The van der Waals surface area contributed by atoms with Crippen LogP contribution < -0.4 is 10.4 Å². The molecule has 0 fully saturated rings. The van der Waals surface area contributed by atoms with Crippen LogP contribution in [0.4, 0.5) is 26.7 Å². The molecule has 1 rings (SSSR count). The molecule has 0 aromatic heterocycles. The number of rotatable bonds is 4. The Balaban J connectivity index is 3.39. The monoisotopic (exact) mass is 342 g/mol. The van der Waals surface area contributed by atoms with Gasteiger partial charge in [-0.1, -0.05) is 0 Å². The fraction of sp³-hybridized carbons (Fsp3) is 0.333. The van der Waals surface area contributed by atoms with E-state index in [2.05, 4.69) is 14.9 Å². The molecule has 0 aliphatic heterocycles. The van der Waals surface area contributed by atoms with Gasteiger partial charge in [-0.2, -0.15) is 0 Å². The Hall–Kier alpha value is -3.44. The van der Waals surface area contributed by atoms with Crippen molar-refractivity contribution < 1.29 is 29.0 Å². The zero-order valence-corrected chi connectivity index (χ0v) is 12.9. The number of hydrogen-bond acceptors (Lipinski definition) is 8. The maximum atomic E-state index is 12.1. The summed E-state index contributed by atoms with van der Waals surface area (Å²) in [5.41, 5.74) is -1.84. The van der Waals surface area contributed by atoms with Crippen LogP contribution in [0.2, 0.25) is 0 Å². The molecule has 0 saturated carbocycles. The molecule has 0 unspecified atom stereocenters. The number of amides is 2. The lowest BCUT2D eigenvalue weighted by molar-refractivity contribution is -0.393. The number of methoxy groups -OCH3 is 1. The Kier molecular flexibility index (Phi) is 5.98. The zero-order valence-electron chi connectivity index (χ0n) is 12.9. The topological polar surface area (TPSA) is 154 Å². The van der Waals surface area contributed by atoms with Crippen LogP contribution in [0, 0.1) is 20.2 Å². The number of ether oxygens (including phenoxy) is 1. The van der Waals surface area contributed by atoms with E-state index in [9.17, 15) is 29.8 Å². The standard InChI is InChI=1S/C12H14N4O8/c1-7(2)13-11(17)14(24-12(18)23-3)9-5-4-8(15(19)20)6-10(9)16(21)22/h4-7H,1-3H3,(H,13,17). The van der Waals surface area contributed by atoms with E-state index in [0.29, 0.717) is 11.1 Å². The number of urea groups is 1. The third-order valence-electron chi connectivity index (χ3n) is 2.51. The minimum absolute atomic E-state index is 0.299. The molecule has 0 atom stereocenters. The van der Waals surface area contributed by atoms with E-state index < -0.39 is 39.1 Å². The SMILES string of the molecule is COC(=O)ON(C(=O)NC(C)C)c1ccc([N+](=O)[O-])cc1[N+](=O)[O-]. The van der Waals surface area contributed by atoms with Crippen molar-refractivity contribution in [3.05, 3.63) is 38.4 Å². The highest BCUT2D eigenvalue weighted by Gasteiger charge is 2.31. The predicted molar refractivity (Wildman–Crippen MR) is 79.4 cm³/mol. The van der Waals surface area contributed by atoms with Crippen molar-refractivity contribution in [2.45, 2.75) is 19.9 Å². The van der Waals surface area contributed by atoms with E-state index in [1.165, 1.54) is 0 Å². The van der Waals surface area contributed by atoms with Crippen molar-refractivity contribution in [2.24, 2.45) is 0 Å². The van der Waals surface area contributed by atoms with Gasteiger partial charge in [0.25, 0.3) is 5.69 Å². The molecule has 0 radical (unpaired) electrons. The van der Waals surface area contributed by atoms with E-state index in [1.54, 1.807) is 13.8 Å². The molecule has 24 heavy (non-hydrogen) atoms. The van der Waals surface area contributed by atoms with Crippen LogP contribution in [0.25, 0.3) is 0 Å². The van der Waals surface area contributed by atoms with Gasteiger partial charge in [0.2, 0.25) is 0 Å². The van der Waals surface area contributed by atoms with Gasteiger partial charge in [0.05, 0.1) is 23.0 Å². The number of hydroxylamine groups is 1. The maximum Gasteiger partial charge on any atom is 0.533 e. The van der Waals surface area contributed by atoms with Crippen LogP contribution in [-0.4, -0.2) is 35.2 Å². The molecule has 12 heteroatoms. The summed E-state index contributed by atoms with van der Waals surface area (Å²) in [4.78, 5) is 48.2. The van der Waals surface area contributed by atoms with Gasteiger partial charge in [0.1, 0.15) is 0 Å². The first-order valence-electron chi connectivity index (χ1n) is 6.46. The van der Waals surface area contributed by atoms with Gasteiger partial charge in [-0.3, -0.25) is 25.1 Å². The highest BCUT2D eigenvalue weighted by Crippen LogP contribution is 2.32. The average Bonchev–Trinajstić information content (AvgIpc) is 2.50. The molecule has 0 aliphatic rings. The summed E-state index contributed by atoms with van der Waals surface area (Å²) < 4.78 is 4.26. The summed E-state index contributed by atoms with van der Waals surface area (Å²) in [5.74, 6) is 0. The highest BCUT2D eigenvalue weighted by atomic mass is 16.8. The summed E-state index contributed by atoms with van der Waals surface area (Å²) in [6.07, 6.45) is -1.30. The summed E-state index contributed by atoms with van der Waals surface area (Å²) >= 11 is 0. The van der Waals surface area contributed by atoms with E-state index in [-0.39, 0.29) is 6.04 Å². The first kappa shape index (κ1) is 18.6. The molecule has 12 nitrogen and oxygen atoms in total. The number of non-ortho nitro benzene ring substituents is 1. The normalized spacial score (nSPS) is 10.0. The summed E-state index contributed by atoms with van der Waals surface area (Å²) in [6, 6.07) is 1.12. The summed E-state index contributed by atoms with van der Waals surface area (Å²) in [5, 5.41) is 24.6. The van der Waals surface area contributed by atoms with Crippen molar-refractivity contribution in [3.8, 4) is 0 Å². The number of hydrogen-bond donors (Lipinski definition) is 1. The lowest BCUT2D eigenvalue weighted by Gasteiger charge is -2.21. The van der Waals surface area contributed by atoms with Gasteiger partial charge in [-0.05, 0) is 19.9 Å². The number of anilines is 1. The number of nitrogens with one attached hydrogen (secondary N) is 1. The number of carbonyl (C=O) groups excluding carboxylic acids is 2. The number of benzene rings is 1. The molecule has 0 heterocycles. The van der Waals surface area contributed by atoms with E-state index in [1.807, 2.05) is 0 Å². The molecule has 0 saturated heterocycles. The Morgan fingerprint density at radius 1 is 1.21 bits per heavy atom. The van der Waals surface area contributed by atoms with Gasteiger partial charge in [-0.25, -0.2) is 9.59 Å². The van der Waals surface area contributed by atoms with Crippen LogP contribution in [0.5, 0.6) is 0 Å². The van der Waals surface area contributed by atoms with Crippen LogP contribution in [0.1, 0.15) is 13.8 Å². The van der Waals surface area contributed by atoms with Gasteiger partial charge in [-0.15, -0.1) is 5.06 Å². The minimum atomic E-state index is -1.30. The Morgan fingerprint density at radius 3 is 2.29 bits per heavy atom. The molecular weight excluding hydrogens is 328 g/mol. The average molecular weight is 342 g/mol. The number of nitrogens with zero attached hydrogens (tertiary/aromatic N) is 3. The fourth-order valence-electron chi connectivity index (χ4n) is 1.56. The highest BCUT2D eigenvalue weighted by molar-refractivity contribution is 5.94. The molecule has 1 aromatic rings. The molecule has 0 aliphatic carbocycles. The Bertz CT molecular complexity index is 675. The first-order valence-corrected chi connectivity index (χ1v) is 6.46. The second-order valence-corrected chi connectivity index (χ2v) is 4.63. The third kappa shape index (κ3) is 4.53. The number of nitro benzene ring substituents is 2. The van der Waals surface area contributed by atoms with Crippen molar-refractivity contribution in [1.82, 2.24) is 5.32 Å². The third-order valence-corrected chi connectivity index (χ3v) is 2.51. The van der Waals surface area contributed by atoms with Crippen LogP contribution >= 0.6 is 0 Å². The second-order valence-electron chi connectivity index (χ2n) is 4.63. The van der Waals surface area contributed by atoms with Crippen LogP contribution in [0.15, 0.2) is 18.2 Å².